The molecule has 3 atom stereocenters. The van der Waals surface area contributed by atoms with Gasteiger partial charge < -0.3 is 4.43 Å². The minimum Gasteiger partial charge on any atom is -0.413 e. The maximum absolute atomic E-state index is 12.0. The SMILES string of the molecule is C=C[C@@H](C)[C@H](O[Si](CC)(CC)CC)[C@H](C)C(=O)CC. The molecule has 0 aliphatic rings. The molecule has 112 valence electrons. The van der Waals surface area contributed by atoms with Gasteiger partial charge in [0.2, 0.25) is 0 Å². The normalized spacial score (nSPS) is 16.7. The second-order valence-corrected chi connectivity index (χ2v) is 10.3. The van der Waals surface area contributed by atoms with E-state index in [0.29, 0.717) is 12.2 Å². The van der Waals surface area contributed by atoms with E-state index in [4.69, 9.17) is 4.43 Å². The Labute approximate surface area is 120 Å². The maximum atomic E-state index is 12.0. The fourth-order valence-corrected chi connectivity index (χ4v) is 5.59. The molecule has 0 N–H and O–H groups in total. The van der Waals surface area contributed by atoms with E-state index in [-0.39, 0.29) is 17.9 Å². The van der Waals surface area contributed by atoms with E-state index in [1.807, 2.05) is 19.9 Å². The molecule has 0 saturated heterocycles. The number of hydrogen-bond donors (Lipinski definition) is 0. The standard InChI is InChI=1S/C16H32O2Si/c1-8-13(6)16(14(7)15(17)9-2)18-19(10-3,11-4)12-5/h8,13-14,16H,1,9-12H2,2-7H3/t13-,14-,16+/m1/s1. The van der Waals surface area contributed by atoms with Crippen molar-refractivity contribution in [3.63, 3.8) is 0 Å². The van der Waals surface area contributed by atoms with Crippen LogP contribution in [0, 0.1) is 11.8 Å². The number of rotatable bonds is 10. The van der Waals surface area contributed by atoms with Crippen LogP contribution >= 0.6 is 0 Å². The summed E-state index contributed by atoms with van der Waals surface area (Å²) in [5.41, 5.74) is 0. The zero-order valence-electron chi connectivity index (χ0n) is 13.7. The summed E-state index contributed by atoms with van der Waals surface area (Å²) in [6, 6.07) is 3.36. The van der Waals surface area contributed by atoms with Gasteiger partial charge in [-0.3, -0.25) is 4.79 Å². The van der Waals surface area contributed by atoms with Gasteiger partial charge in [-0.25, -0.2) is 0 Å². The Morgan fingerprint density at radius 1 is 1.16 bits per heavy atom. The zero-order valence-corrected chi connectivity index (χ0v) is 14.7. The second kappa shape index (κ2) is 8.70. The van der Waals surface area contributed by atoms with Crippen LogP contribution in [0.1, 0.15) is 48.0 Å². The molecule has 0 aliphatic carbocycles. The maximum Gasteiger partial charge on any atom is 0.192 e. The van der Waals surface area contributed by atoms with Crippen molar-refractivity contribution in [2.75, 3.05) is 0 Å². The summed E-state index contributed by atoms with van der Waals surface area (Å²) in [4.78, 5) is 12.0. The monoisotopic (exact) mass is 284 g/mol. The molecule has 3 heteroatoms. The van der Waals surface area contributed by atoms with Crippen LogP contribution in [-0.4, -0.2) is 20.2 Å². The Bertz CT molecular complexity index is 276. The molecule has 19 heavy (non-hydrogen) atoms. The highest BCUT2D eigenvalue weighted by Gasteiger charge is 2.37. The molecule has 0 aliphatic heterocycles. The summed E-state index contributed by atoms with van der Waals surface area (Å²) >= 11 is 0. The van der Waals surface area contributed by atoms with Gasteiger partial charge in [0.15, 0.2) is 8.32 Å². The summed E-state index contributed by atoms with van der Waals surface area (Å²) in [5, 5.41) is 0. The predicted octanol–water partition coefficient (Wildman–Crippen LogP) is 4.81. The number of ketones is 1. The van der Waals surface area contributed by atoms with Crippen molar-refractivity contribution in [2.45, 2.75) is 72.2 Å². The molecule has 2 nitrogen and oxygen atoms in total. The van der Waals surface area contributed by atoms with E-state index in [0.717, 1.165) is 18.1 Å². The van der Waals surface area contributed by atoms with Gasteiger partial charge in [-0.2, -0.15) is 0 Å². The Morgan fingerprint density at radius 2 is 1.63 bits per heavy atom. The van der Waals surface area contributed by atoms with Crippen LogP contribution in [0.4, 0.5) is 0 Å². The van der Waals surface area contributed by atoms with Crippen LogP contribution in [-0.2, 0) is 9.22 Å². The number of Topliss-reactive ketones (excluding diaryl/α,β-unsaturated/α-hetero) is 1. The molecule has 0 rings (SSSR count). The fourth-order valence-electron chi connectivity index (χ4n) is 2.59. The van der Waals surface area contributed by atoms with Crippen LogP contribution in [0.2, 0.25) is 18.1 Å². The smallest absolute Gasteiger partial charge is 0.192 e. The lowest BCUT2D eigenvalue weighted by molar-refractivity contribution is -0.125. The Hall–Kier alpha value is -0.413. The third kappa shape index (κ3) is 4.88. The summed E-state index contributed by atoms with van der Waals surface area (Å²) in [7, 11) is -1.68. The average molecular weight is 285 g/mol. The van der Waals surface area contributed by atoms with E-state index in [1.165, 1.54) is 0 Å². The van der Waals surface area contributed by atoms with Crippen LogP contribution in [0.15, 0.2) is 12.7 Å². The highest BCUT2D eigenvalue weighted by molar-refractivity contribution is 6.73. The van der Waals surface area contributed by atoms with E-state index in [1.54, 1.807) is 0 Å². The molecule has 0 saturated carbocycles. The first-order chi connectivity index (χ1) is 8.91. The fraction of sp³-hybridized carbons (Fsp3) is 0.812. The lowest BCUT2D eigenvalue weighted by Crippen LogP contribution is -2.45. The lowest BCUT2D eigenvalue weighted by atomic mass is 9.89. The molecule has 0 radical (unpaired) electrons. The minimum absolute atomic E-state index is 0.00327. The topological polar surface area (TPSA) is 26.3 Å². The number of hydrogen-bond acceptors (Lipinski definition) is 2. The van der Waals surface area contributed by atoms with Gasteiger partial charge in [-0.1, -0.05) is 47.6 Å². The summed E-state index contributed by atoms with van der Waals surface area (Å²) in [5.74, 6) is 0.487. The molecule has 0 aromatic heterocycles. The predicted molar refractivity (Wildman–Crippen MR) is 85.9 cm³/mol. The first-order valence-electron chi connectivity index (χ1n) is 7.74. The van der Waals surface area contributed by atoms with Crippen LogP contribution in [0.25, 0.3) is 0 Å². The summed E-state index contributed by atoms with van der Waals surface area (Å²) < 4.78 is 6.57. The largest absolute Gasteiger partial charge is 0.413 e. The van der Waals surface area contributed by atoms with Gasteiger partial charge in [-0.15, -0.1) is 6.58 Å². The first-order valence-corrected chi connectivity index (χ1v) is 10.3. The number of carbonyl (C=O) groups is 1. The number of carbonyl (C=O) groups excluding carboxylic acids is 1. The Morgan fingerprint density at radius 3 is 1.95 bits per heavy atom. The van der Waals surface area contributed by atoms with Gasteiger partial charge in [0.1, 0.15) is 5.78 Å². The molecule has 0 aromatic carbocycles. The van der Waals surface area contributed by atoms with Crippen molar-refractivity contribution in [1.29, 1.82) is 0 Å². The average Bonchev–Trinajstić information content (AvgIpc) is 2.47. The quantitative estimate of drug-likeness (QED) is 0.425. The molecular weight excluding hydrogens is 252 g/mol. The molecule has 0 unspecified atom stereocenters. The van der Waals surface area contributed by atoms with Gasteiger partial charge >= 0.3 is 0 Å². The molecular formula is C16H32O2Si. The highest BCUT2D eigenvalue weighted by atomic mass is 28.4. The molecule has 0 bridgehead atoms. The van der Waals surface area contributed by atoms with Crippen molar-refractivity contribution in [3.05, 3.63) is 12.7 Å². The molecule has 0 heterocycles. The lowest BCUT2D eigenvalue weighted by Gasteiger charge is -2.37. The van der Waals surface area contributed by atoms with Gasteiger partial charge in [0.05, 0.1) is 6.10 Å². The molecule has 0 spiro atoms. The van der Waals surface area contributed by atoms with Crippen LogP contribution in [0.3, 0.4) is 0 Å². The third-order valence-corrected chi connectivity index (χ3v) is 9.20. The Balaban J connectivity index is 5.15. The van der Waals surface area contributed by atoms with E-state index in [9.17, 15) is 4.79 Å². The Kier molecular flexibility index (Phi) is 8.51. The van der Waals surface area contributed by atoms with Crippen molar-refractivity contribution >= 4 is 14.1 Å². The van der Waals surface area contributed by atoms with E-state index >= 15 is 0 Å². The van der Waals surface area contributed by atoms with Crippen molar-refractivity contribution in [2.24, 2.45) is 11.8 Å². The highest BCUT2D eigenvalue weighted by Crippen LogP contribution is 2.30. The summed E-state index contributed by atoms with van der Waals surface area (Å²) in [6.07, 6.45) is 2.50. The van der Waals surface area contributed by atoms with Gasteiger partial charge in [0, 0.05) is 12.3 Å². The zero-order chi connectivity index (χ0) is 15.1. The van der Waals surface area contributed by atoms with Crippen LogP contribution < -0.4 is 0 Å². The van der Waals surface area contributed by atoms with E-state index < -0.39 is 8.32 Å². The first kappa shape index (κ1) is 18.6. The van der Waals surface area contributed by atoms with Gasteiger partial charge in [0.25, 0.3) is 0 Å². The molecule has 0 aromatic rings. The van der Waals surface area contributed by atoms with Crippen molar-refractivity contribution in [3.8, 4) is 0 Å². The van der Waals surface area contributed by atoms with Gasteiger partial charge in [-0.05, 0) is 24.1 Å². The van der Waals surface area contributed by atoms with Crippen molar-refractivity contribution in [1.82, 2.24) is 0 Å². The van der Waals surface area contributed by atoms with E-state index in [2.05, 4.69) is 34.3 Å². The molecule has 0 fully saturated rings. The van der Waals surface area contributed by atoms with Crippen molar-refractivity contribution < 1.29 is 9.22 Å². The van der Waals surface area contributed by atoms with Crippen LogP contribution in [0.5, 0.6) is 0 Å². The second-order valence-electron chi connectivity index (χ2n) is 5.53. The third-order valence-electron chi connectivity index (χ3n) is 4.56. The summed E-state index contributed by atoms with van der Waals surface area (Å²) in [6.45, 7) is 16.6. The minimum atomic E-state index is -1.68. The molecule has 0 amide bonds.